The van der Waals surface area contributed by atoms with Crippen LogP contribution in [0, 0.1) is 0 Å². The lowest BCUT2D eigenvalue weighted by Crippen LogP contribution is -2.40. The molecule has 2 N–H and O–H groups in total. The maximum Gasteiger partial charge on any atom is 0.501 e. The number of ether oxygens (including phenoxy) is 1. The summed E-state index contributed by atoms with van der Waals surface area (Å²) in [6.45, 7) is 1.83. The van der Waals surface area contributed by atoms with Gasteiger partial charge in [0.25, 0.3) is 9.84 Å². The third kappa shape index (κ3) is 5.70. The molecule has 0 saturated heterocycles. The van der Waals surface area contributed by atoms with Gasteiger partial charge in [0.1, 0.15) is 11.8 Å². The molecule has 0 heterocycles. The van der Waals surface area contributed by atoms with Crippen LogP contribution < -0.4 is 5.32 Å². The Hall–Kier alpha value is -2.59. The minimum atomic E-state index is -5.72. The van der Waals surface area contributed by atoms with Crippen LogP contribution in [0.3, 0.4) is 0 Å². The van der Waals surface area contributed by atoms with Crippen LogP contribution in [0.1, 0.15) is 18.1 Å². The smallest absolute Gasteiger partial charge is 0.501 e. The van der Waals surface area contributed by atoms with Crippen molar-refractivity contribution in [1.82, 2.24) is 5.32 Å². The van der Waals surface area contributed by atoms with E-state index >= 15 is 0 Å². The van der Waals surface area contributed by atoms with Crippen LogP contribution >= 0.6 is 0 Å². The highest BCUT2D eigenvalue weighted by Gasteiger charge is 2.48. The average molecular weight is 431 g/mol. The molecule has 6 nitrogen and oxygen atoms in total. The predicted molar refractivity (Wildman–Crippen MR) is 98.8 cm³/mol. The van der Waals surface area contributed by atoms with Gasteiger partial charge in [0.15, 0.2) is 0 Å². The number of halogens is 3. The molecule has 0 aromatic heterocycles. The monoisotopic (exact) mass is 431 g/mol. The molecule has 0 saturated carbocycles. The number of phenols is 1. The Labute approximate surface area is 166 Å². The molecule has 1 atom stereocenters. The van der Waals surface area contributed by atoms with Crippen molar-refractivity contribution in [3.05, 3.63) is 59.7 Å². The Morgan fingerprint density at radius 3 is 2.41 bits per heavy atom. The molecule has 0 fully saturated rings. The lowest BCUT2D eigenvalue weighted by atomic mass is 10.0. The number of sulfone groups is 1. The number of hydrogen-bond donors (Lipinski definition) is 2. The molecule has 0 aliphatic carbocycles. The van der Waals surface area contributed by atoms with Gasteiger partial charge in [-0.1, -0.05) is 36.4 Å². The van der Waals surface area contributed by atoms with E-state index in [1.54, 1.807) is 37.3 Å². The number of alkyl halides is 3. The molecule has 0 bridgehead atoms. The van der Waals surface area contributed by atoms with Crippen LogP contribution in [0.15, 0.2) is 53.4 Å². The molecule has 0 spiro atoms. The van der Waals surface area contributed by atoms with Crippen molar-refractivity contribution in [2.24, 2.45) is 0 Å². The van der Waals surface area contributed by atoms with Gasteiger partial charge in [-0.3, -0.25) is 4.79 Å². The van der Waals surface area contributed by atoms with Crippen LogP contribution in [0.4, 0.5) is 13.2 Å². The maximum absolute atomic E-state index is 13.0. The molecular weight excluding hydrogens is 411 g/mol. The summed E-state index contributed by atoms with van der Waals surface area (Å²) >= 11 is 0. The normalized spacial score (nSPS) is 13.1. The van der Waals surface area contributed by atoms with Crippen LogP contribution in [0.5, 0.6) is 5.75 Å². The van der Waals surface area contributed by atoms with E-state index in [0.29, 0.717) is 6.07 Å². The van der Waals surface area contributed by atoms with E-state index in [-0.39, 0.29) is 25.1 Å². The van der Waals surface area contributed by atoms with Crippen molar-refractivity contribution in [3.8, 4) is 5.75 Å². The number of carbonyl (C=O) groups is 1. The maximum atomic E-state index is 13.0. The number of carbonyl (C=O) groups excluding carboxylic acids is 1. The average Bonchev–Trinajstić information content (AvgIpc) is 2.66. The van der Waals surface area contributed by atoms with Gasteiger partial charge in [-0.05, 0) is 36.6 Å². The van der Waals surface area contributed by atoms with E-state index in [0.717, 1.165) is 17.7 Å². The largest absolute Gasteiger partial charge is 0.508 e. The number of aromatic hydroxyl groups is 1. The summed E-state index contributed by atoms with van der Waals surface area (Å²) < 4.78 is 67.9. The Kier molecular flexibility index (Phi) is 7.26. The minimum Gasteiger partial charge on any atom is -0.508 e. The zero-order valence-corrected chi connectivity index (χ0v) is 16.3. The number of benzene rings is 2. The highest BCUT2D eigenvalue weighted by molar-refractivity contribution is 7.92. The van der Waals surface area contributed by atoms with E-state index in [9.17, 15) is 31.5 Å². The number of nitrogens with one attached hydrogen (secondary N) is 1. The number of rotatable bonds is 8. The lowest BCUT2D eigenvalue weighted by Gasteiger charge is -2.20. The van der Waals surface area contributed by atoms with E-state index in [1.165, 1.54) is 0 Å². The van der Waals surface area contributed by atoms with Gasteiger partial charge in [0.2, 0.25) is 0 Å². The number of esters is 1. The fraction of sp³-hybridized carbons (Fsp3) is 0.316. The standard InChI is InChI=1S/C19H20F3NO5S/c1-2-28-18(25)16(23-12-13-6-4-3-5-7-13)10-14-8-9-15(24)11-17(14)29(26,27)19(20,21)22/h3-9,11,16,23-24H,2,10,12H2,1H3/t16-/m0/s1. The molecule has 29 heavy (non-hydrogen) atoms. The van der Waals surface area contributed by atoms with Gasteiger partial charge in [-0.2, -0.15) is 13.2 Å². The fourth-order valence-electron chi connectivity index (χ4n) is 2.63. The second kappa shape index (κ2) is 9.27. The molecule has 2 aromatic rings. The van der Waals surface area contributed by atoms with Crippen molar-refractivity contribution in [1.29, 1.82) is 0 Å². The SMILES string of the molecule is CCOC(=O)[C@H](Cc1ccc(O)cc1S(=O)(=O)C(F)(F)F)NCc1ccccc1. The van der Waals surface area contributed by atoms with Crippen LogP contribution in [-0.4, -0.2) is 37.7 Å². The van der Waals surface area contributed by atoms with E-state index in [4.69, 9.17) is 4.74 Å². The summed E-state index contributed by atoms with van der Waals surface area (Å²) in [6, 6.07) is 10.5. The first-order valence-electron chi connectivity index (χ1n) is 8.63. The first-order chi connectivity index (χ1) is 13.6. The summed E-state index contributed by atoms with van der Waals surface area (Å²) in [7, 11) is -5.72. The van der Waals surface area contributed by atoms with Crippen LogP contribution in [0.2, 0.25) is 0 Å². The summed E-state index contributed by atoms with van der Waals surface area (Å²) in [5.41, 5.74) is -5.00. The van der Waals surface area contributed by atoms with Gasteiger partial charge < -0.3 is 15.2 Å². The summed E-state index contributed by atoms with van der Waals surface area (Å²) in [5.74, 6) is -1.37. The van der Waals surface area contributed by atoms with Crippen molar-refractivity contribution >= 4 is 15.8 Å². The minimum absolute atomic E-state index is 0.0473. The van der Waals surface area contributed by atoms with Crippen molar-refractivity contribution in [2.75, 3.05) is 6.61 Å². The molecule has 0 unspecified atom stereocenters. The van der Waals surface area contributed by atoms with Crippen LogP contribution in [-0.2, 0) is 32.3 Å². The van der Waals surface area contributed by atoms with Gasteiger partial charge in [0.05, 0.1) is 11.5 Å². The number of hydrogen-bond acceptors (Lipinski definition) is 6. The quantitative estimate of drug-likeness (QED) is 0.625. The van der Waals surface area contributed by atoms with Crippen LogP contribution in [0.25, 0.3) is 0 Å². The first-order valence-corrected chi connectivity index (χ1v) is 10.1. The Morgan fingerprint density at radius 2 is 1.83 bits per heavy atom. The Morgan fingerprint density at radius 1 is 1.17 bits per heavy atom. The molecule has 0 amide bonds. The molecule has 158 valence electrons. The Bertz CT molecular complexity index is 946. The second-order valence-electron chi connectivity index (χ2n) is 6.12. The van der Waals surface area contributed by atoms with E-state index < -0.39 is 38.0 Å². The Balaban J connectivity index is 2.36. The van der Waals surface area contributed by atoms with E-state index in [2.05, 4.69) is 5.32 Å². The highest BCUT2D eigenvalue weighted by atomic mass is 32.2. The third-order valence-corrected chi connectivity index (χ3v) is 5.60. The van der Waals surface area contributed by atoms with Gasteiger partial charge >= 0.3 is 11.5 Å². The molecule has 2 aromatic carbocycles. The molecule has 10 heteroatoms. The van der Waals surface area contributed by atoms with Crippen molar-refractivity contribution < 1.29 is 36.2 Å². The van der Waals surface area contributed by atoms with Gasteiger partial charge in [-0.25, -0.2) is 8.42 Å². The van der Waals surface area contributed by atoms with E-state index in [1.807, 2.05) is 0 Å². The first kappa shape index (κ1) is 22.7. The molecular formula is C19H20F3NO5S. The number of phenolic OH excluding ortho intramolecular Hbond substituents is 1. The fourth-order valence-corrected chi connectivity index (χ4v) is 3.65. The predicted octanol–water partition coefficient (Wildman–Crippen LogP) is 2.95. The third-order valence-electron chi connectivity index (χ3n) is 4.04. The molecule has 0 radical (unpaired) electrons. The molecule has 0 aliphatic heterocycles. The molecule has 2 rings (SSSR count). The summed E-state index contributed by atoms with van der Waals surface area (Å²) in [6.07, 6.45) is -0.378. The topological polar surface area (TPSA) is 92.7 Å². The second-order valence-corrected chi connectivity index (χ2v) is 8.03. The summed E-state index contributed by atoms with van der Waals surface area (Å²) in [5, 5.41) is 12.4. The zero-order valence-electron chi connectivity index (χ0n) is 15.4. The summed E-state index contributed by atoms with van der Waals surface area (Å²) in [4.78, 5) is 11.2. The zero-order chi connectivity index (χ0) is 21.7. The van der Waals surface area contributed by atoms with Gasteiger partial charge in [0, 0.05) is 6.54 Å². The lowest BCUT2D eigenvalue weighted by molar-refractivity contribution is -0.145. The molecule has 0 aliphatic rings. The highest BCUT2D eigenvalue weighted by Crippen LogP contribution is 2.34. The van der Waals surface area contributed by atoms with Gasteiger partial charge in [-0.15, -0.1) is 0 Å². The van der Waals surface area contributed by atoms with Crippen molar-refractivity contribution in [3.63, 3.8) is 0 Å². The van der Waals surface area contributed by atoms with Crippen molar-refractivity contribution in [2.45, 2.75) is 36.3 Å².